The molecule has 0 saturated carbocycles. The van der Waals surface area contributed by atoms with Crippen molar-refractivity contribution < 1.29 is 17.4 Å². The number of rotatable bonds is 5. The second-order valence-electron chi connectivity index (χ2n) is 5.68. The van der Waals surface area contributed by atoms with Gasteiger partial charge in [-0.3, -0.25) is 4.52 Å². The topological polar surface area (TPSA) is 98.5 Å². The number of aryl methyl sites for hydroxylation is 1. The Balaban J connectivity index is 1.98. The van der Waals surface area contributed by atoms with Crippen molar-refractivity contribution in [1.29, 1.82) is 0 Å². The van der Waals surface area contributed by atoms with Crippen LogP contribution >= 0.6 is 0 Å². The number of aromatic nitrogens is 2. The monoisotopic (exact) mass is 363 g/mol. The van der Waals surface area contributed by atoms with E-state index in [1.807, 2.05) is 31.2 Å². The quantitative estimate of drug-likeness (QED) is 0.684. The fraction of sp³-hybridized carbons (Fsp3) is 0.250. The highest BCUT2D eigenvalue weighted by atomic mass is 32.2. The third kappa shape index (κ3) is 3.15. The van der Waals surface area contributed by atoms with E-state index in [2.05, 4.69) is 5.16 Å². The zero-order valence-corrected chi connectivity index (χ0v) is 14.8. The highest BCUT2D eigenvalue weighted by Crippen LogP contribution is 2.22. The van der Waals surface area contributed by atoms with Gasteiger partial charge in [0.05, 0.1) is 6.54 Å². The fourth-order valence-electron chi connectivity index (χ4n) is 2.34. The Kier molecular flexibility index (Phi) is 4.36. The van der Waals surface area contributed by atoms with Crippen molar-refractivity contribution in [3.8, 4) is 11.4 Å². The second-order valence-corrected chi connectivity index (χ2v) is 7.76. The molecule has 0 aliphatic carbocycles. The predicted molar refractivity (Wildman–Crippen MR) is 89.6 cm³/mol. The molecule has 3 rings (SSSR count). The molecule has 132 valence electrons. The lowest BCUT2D eigenvalue weighted by Crippen LogP contribution is -2.21. The molecule has 0 bridgehead atoms. The van der Waals surface area contributed by atoms with Crippen LogP contribution in [0.25, 0.3) is 11.4 Å². The average Bonchev–Trinajstić information content (AvgIpc) is 3.17. The molecular weight excluding hydrogens is 346 g/mol. The standard InChI is InChI=1S/C16H17N3O5S/c1-11-6-4-5-7-13(11)15-17-24-16(20)19(15)10-12-8-9-14(23-12)25(21,22)18(2)3/h4-9H,10H2,1-3H3. The number of hydrogen-bond donors (Lipinski definition) is 0. The smallest absolute Gasteiger partial charge is 0.442 e. The van der Waals surface area contributed by atoms with E-state index in [9.17, 15) is 13.2 Å². The number of furan rings is 1. The molecule has 0 aliphatic rings. The molecule has 0 N–H and O–H groups in total. The van der Waals surface area contributed by atoms with E-state index in [4.69, 9.17) is 8.94 Å². The Labute approximate surface area is 144 Å². The van der Waals surface area contributed by atoms with Crippen molar-refractivity contribution >= 4 is 10.0 Å². The van der Waals surface area contributed by atoms with Crippen molar-refractivity contribution in [2.24, 2.45) is 0 Å². The molecule has 1 aromatic carbocycles. The third-order valence-electron chi connectivity index (χ3n) is 3.76. The molecule has 25 heavy (non-hydrogen) atoms. The largest absolute Gasteiger partial charge is 0.446 e. The summed E-state index contributed by atoms with van der Waals surface area (Å²) in [5.41, 5.74) is 1.68. The van der Waals surface area contributed by atoms with Gasteiger partial charge >= 0.3 is 5.76 Å². The van der Waals surface area contributed by atoms with Gasteiger partial charge in [0.25, 0.3) is 10.0 Å². The van der Waals surface area contributed by atoms with Crippen LogP contribution in [-0.2, 0) is 16.6 Å². The Morgan fingerprint density at radius 3 is 2.56 bits per heavy atom. The van der Waals surface area contributed by atoms with Crippen LogP contribution in [0.3, 0.4) is 0 Å². The minimum absolute atomic E-state index is 0.00888. The van der Waals surface area contributed by atoms with Gasteiger partial charge in [-0.1, -0.05) is 29.4 Å². The Bertz CT molecular complexity index is 1060. The average molecular weight is 363 g/mol. The van der Waals surface area contributed by atoms with Gasteiger partial charge in [0, 0.05) is 19.7 Å². The summed E-state index contributed by atoms with van der Waals surface area (Å²) in [6.07, 6.45) is 0. The molecule has 3 aromatic rings. The first-order valence-electron chi connectivity index (χ1n) is 7.44. The van der Waals surface area contributed by atoms with Crippen LogP contribution in [0.15, 0.2) is 55.2 Å². The fourth-order valence-corrected chi connectivity index (χ4v) is 3.15. The molecule has 8 nitrogen and oxygen atoms in total. The molecule has 2 heterocycles. The van der Waals surface area contributed by atoms with Gasteiger partial charge in [0.1, 0.15) is 5.76 Å². The molecule has 0 amide bonds. The number of sulfonamides is 1. The molecule has 0 atom stereocenters. The summed E-state index contributed by atoms with van der Waals surface area (Å²) < 4.78 is 36.7. The lowest BCUT2D eigenvalue weighted by molar-refractivity contribution is 0.365. The number of hydrogen-bond acceptors (Lipinski definition) is 6. The van der Waals surface area contributed by atoms with Crippen LogP contribution in [0.1, 0.15) is 11.3 Å². The summed E-state index contributed by atoms with van der Waals surface area (Å²) in [6.45, 7) is 1.91. The zero-order chi connectivity index (χ0) is 18.2. The first-order chi connectivity index (χ1) is 11.8. The Morgan fingerprint density at radius 2 is 1.88 bits per heavy atom. The molecule has 2 aromatic heterocycles. The summed E-state index contributed by atoms with van der Waals surface area (Å²) in [5, 5.41) is 3.65. The molecule has 0 saturated heterocycles. The van der Waals surface area contributed by atoms with Crippen LogP contribution in [0.5, 0.6) is 0 Å². The van der Waals surface area contributed by atoms with Gasteiger partial charge in [0.2, 0.25) is 5.09 Å². The highest BCUT2D eigenvalue weighted by molar-refractivity contribution is 7.88. The van der Waals surface area contributed by atoms with Crippen molar-refractivity contribution in [2.75, 3.05) is 14.1 Å². The molecule has 0 unspecified atom stereocenters. The number of benzene rings is 1. The molecular formula is C16H17N3O5S. The maximum absolute atomic E-state index is 12.1. The van der Waals surface area contributed by atoms with E-state index in [0.717, 1.165) is 15.4 Å². The van der Waals surface area contributed by atoms with Gasteiger partial charge in [-0.2, -0.15) is 0 Å². The van der Waals surface area contributed by atoms with Gasteiger partial charge in [-0.25, -0.2) is 22.1 Å². The molecule has 0 aliphatic heterocycles. The minimum atomic E-state index is -3.67. The summed E-state index contributed by atoms with van der Waals surface area (Å²) in [4.78, 5) is 12.0. The van der Waals surface area contributed by atoms with Crippen LogP contribution in [0.2, 0.25) is 0 Å². The first kappa shape index (κ1) is 17.2. The van der Waals surface area contributed by atoms with E-state index < -0.39 is 15.8 Å². The van der Waals surface area contributed by atoms with Crippen LogP contribution in [0.4, 0.5) is 0 Å². The van der Waals surface area contributed by atoms with Gasteiger partial charge in [0.15, 0.2) is 5.82 Å². The van der Waals surface area contributed by atoms with Crippen LogP contribution < -0.4 is 5.76 Å². The van der Waals surface area contributed by atoms with Crippen LogP contribution in [0, 0.1) is 6.92 Å². The third-order valence-corrected chi connectivity index (χ3v) is 5.45. The zero-order valence-electron chi connectivity index (χ0n) is 14.0. The molecule has 0 fully saturated rings. The summed E-state index contributed by atoms with van der Waals surface area (Å²) in [7, 11) is -0.844. The van der Waals surface area contributed by atoms with Gasteiger partial charge in [-0.15, -0.1) is 0 Å². The second kappa shape index (κ2) is 6.34. The lowest BCUT2D eigenvalue weighted by atomic mass is 10.1. The number of nitrogens with zero attached hydrogens (tertiary/aromatic N) is 3. The first-order valence-corrected chi connectivity index (χ1v) is 8.88. The van der Waals surface area contributed by atoms with E-state index in [1.54, 1.807) is 0 Å². The Hall–Kier alpha value is -2.65. The minimum Gasteiger partial charge on any atom is -0.446 e. The SMILES string of the molecule is Cc1ccccc1-c1noc(=O)n1Cc1ccc(S(=O)(=O)N(C)C)o1. The Morgan fingerprint density at radius 1 is 1.16 bits per heavy atom. The van der Waals surface area contributed by atoms with Crippen molar-refractivity contribution in [3.63, 3.8) is 0 Å². The summed E-state index contributed by atoms with van der Waals surface area (Å²) in [6, 6.07) is 10.3. The van der Waals surface area contributed by atoms with Gasteiger partial charge < -0.3 is 4.42 Å². The lowest BCUT2D eigenvalue weighted by Gasteiger charge is -2.08. The van der Waals surface area contributed by atoms with E-state index >= 15 is 0 Å². The van der Waals surface area contributed by atoms with E-state index in [0.29, 0.717) is 11.6 Å². The normalized spacial score (nSPS) is 12.0. The maximum Gasteiger partial charge on any atom is 0.442 e. The van der Waals surface area contributed by atoms with Crippen molar-refractivity contribution in [2.45, 2.75) is 18.6 Å². The summed E-state index contributed by atoms with van der Waals surface area (Å²) >= 11 is 0. The molecule has 0 radical (unpaired) electrons. The molecule has 0 spiro atoms. The summed E-state index contributed by atoms with van der Waals surface area (Å²) in [5.74, 6) is 0.0174. The van der Waals surface area contributed by atoms with E-state index in [-0.39, 0.29) is 11.6 Å². The van der Waals surface area contributed by atoms with Crippen molar-refractivity contribution in [1.82, 2.24) is 14.0 Å². The maximum atomic E-state index is 12.1. The van der Waals surface area contributed by atoms with Crippen molar-refractivity contribution in [3.05, 3.63) is 58.3 Å². The van der Waals surface area contributed by atoms with Crippen LogP contribution in [-0.4, -0.2) is 36.5 Å². The molecule has 9 heteroatoms. The van der Waals surface area contributed by atoms with E-state index in [1.165, 1.54) is 30.8 Å². The predicted octanol–water partition coefficient (Wildman–Crippen LogP) is 1.70. The highest BCUT2D eigenvalue weighted by Gasteiger charge is 2.22. The van der Waals surface area contributed by atoms with Gasteiger partial charge in [-0.05, 0) is 24.6 Å².